The van der Waals surface area contributed by atoms with E-state index in [0.717, 1.165) is 17.2 Å². The fourth-order valence-corrected chi connectivity index (χ4v) is 3.59. The summed E-state index contributed by atoms with van der Waals surface area (Å²) in [5.41, 5.74) is 3.96. The zero-order valence-electron chi connectivity index (χ0n) is 20.8. The molecular formula is C30H27N3O5. The second-order valence-electron chi connectivity index (χ2n) is 8.33. The summed E-state index contributed by atoms with van der Waals surface area (Å²) in [5.74, 6) is -0.223. The smallest absolute Gasteiger partial charge is 0.344 e. The van der Waals surface area contributed by atoms with Gasteiger partial charge in [0.05, 0.1) is 24.9 Å². The Morgan fingerprint density at radius 3 is 2.32 bits per heavy atom. The number of esters is 1. The topological polar surface area (TPSA) is 106 Å². The average Bonchev–Trinajstić information content (AvgIpc) is 2.95. The standard InChI is InChI=1S/C30H27N3O5/c1-2-18-37-24-16-12-23(13-17-24)29(35)31-20-28(34)33-32-19-21-10-14-25(15-11-21)38-30(36)27-9-5-7-22-6-3-4-8-26(22)27/h3-17,19H,2,18,20H2,1H3,(H,31,35)(H,33,34)/b32-19-. The van der Waals surface area contributed by atoms with Gasteiger partial charge in [0.1, 0.15) is 11.5 Å². The highest BCUT2D eigenvalue weighted by Crippen LogP contribution is 2.21. The lowest BCUT2D eigenvalue weighted by Crippen LogP contribution is -2.34. The molecule has 0 spiro atoms. The lowest BCUT2D eigenvalue weighted by molar-refractivity contribution is -0.120. The Balaban J connectivity index is 1.23. The van der Waals surface area contributed by atoms with Gasteiger partial charge in [0.15, 0.2) is 0 Å². The van der Waals surface area contributed by atoms with Gasteiger partial charge in [0.2, 0.25) is 0 Å². The van der Waals surface area contributed by atoms with E-state index in [4.69, 9.17) is 9.47 Å². The van der Waals surface area contributed by atoms with Crippen LogP contribution in [0.4, 0.5) is 0 Å². The molecule has 2 amide bonds. The van der Waals surface area contributed by atoms with Crippen molar-refractivity contribution in [3.8, 4) is 11.5 Å². The summed E-state index contributed by atoms with van der Waals surface area (Å²) >= 11 is 0. The van der Waals surface area contributed by atoms with E-state index in [2.05, 4.69) is 15.8 Å². The molecule has 0 aliphatic heterocycles. The highest BCUT2D eigenvalue weighted by atomic mass is 16.5. The van der Waals surface area contributed by atoms with E-state index in [0.29, 0.717) is 34.8 Å². The van der Waals surface area contributed by atoms with Crippen molar-refractivity contribution in [2.75, 3.05) is 13.2 Å². The van der Waals surface area contributed by atoms with Gasteiger partial charge >= 0.3 is 5.97 Å². The first-order chi connectivity index (χ1) is 18.5. The number of carbonyl (C=O) groups excluding carboxylic acids is 3. The maximum atomic E-state index is 12.7. The molecule has 0 unspecified atom stereocenters. The molecule has 0 radical (unpaired) electrons. The number of hydrogen-bond donors (Lipinski definition) is 2. The van der Waals surface area contributed by atoms with Crippen molar-refractivity contribution < 1.29 is 23.9 Å². The van der Waals surface area contributed by atoms with Crippen LogP contribution in [0.3, 0.4) is 0 Å². The van der Waals surface area contributed by atoms with Crippen LogP contribution in [0.1, 0.15) is 39.6 Å². The molecule has 4 aromatic rings. The van der Waals surface area contributed by atoms with Crippen LogP contribution in [-0.2, 0) is 4.79 Å². The monoisotopic (exact) mass is 509 g/mol. The zero-order valence-corrected chi connectivity index (χ0v) is 20.8. The SMILES string of the molecule is CCCOc1ccc(C(=O)NCC(=O)N/N=C\c2ccc(OC(=O)c3cccc4ccccc34)cc2)cc1. The molecule has 0 fully saturated rings. The lowest BCUT2D eigenvalue weighted by Gasteiger charge is -2.07. The van der Waals surface area contributed by atoms with Crippen LogP contribution in [0, 0.1) is 0 Å². The number of nitrogens with one attached hydrogen (secondary N) is 2. The molecular weight excluding hydrogens is 482 g/mol. The van der Waals surface area contributed by atoms with Crippen molar-refractivity contribution >= 4 is 34.8 Å². The molecule has 8 nitrogen and oxygen atoms in total. The third-order valence-corrected chi connectivity index (χ3v) is 5.50. The van der Waals surface area contributed by atoms with Gasteiger partial charge in [-0.25, -0.2) is 10.2 Å². The molecule has 0 heterocycles. The van der Waals surface area contributed by atoms with E-state index in [1.165, 1.54) is 6.21 Å². The van der Waals surface area contributed by atoms with Crippen LogP contribution in [0.15, 0.2) is 96.1 Å². The first-order valence-corrected chi connectivity index (χ1v) is 12.2. The number of nitrogens with zero attached hydrogens (tertiary/aromatic N) is 1. The molecule has 38 heavy (non-hydrogen) atoms. The van der Waals surface area contributed by atoms with Gasteiger partial charge in [-0.1, -0.05) is 43.3 Å². The van der Waals surface area contributed by atoms with Gasteiger partial charge in [-0.15, -0.1) is 0 Å². The minimum Gasteiger partial charge on any atom is -0.494 e. The number of hydrazone groups is 1. The molecule has 0 atom stereocenters. The summed E-state index contributed by atoms with van der Waals surface area (Å²) in [7, 11) is 0. The predicted octanol–water partition coefficient (Wildman–Crippen LogP) is 4.73. The molecule has 8 heteroatoms. The van der Waals surface area contributed by atoms with Crippen LogP contribution in [0.5, 0.6) is 11.5 Å². The van der Waals surface area contributed by atoms with Gasteiger partial charge in [0.25, 0.3) is 11.8 Å². The molecule has 2 N–H and O–H groups in total. The molecule has 4 aromatic carbocycles. The van der Waals surface area contributed by atoms with Gasteiger partial charge in [-0.3, -0.25) is 9.59 Å². The Bertz CT molecular complexity index is 1440. The number of amides is 2. The quantitative estimate of drug-likeness (QED) is 0.139. The summed E-state index contributed by atoms with van der Waals surface area (Å²) in [6, 6.07) is 26.5. The van der Waals surface area contributed by atoms with Crippen molar-refractivity contribution in [1.29, 1.82) is 0 Å². The number of fused-ring (bicyclic) bond motifs is 1. The Kier molecular flexibility index (Phi) is 8.80. The summed E-state index contributed by atoms with van der Waals surface area (Å²) in [6.45, 7) is 2.39. The fraction of sp³-hybridized carbons (Fsp3) is 0.133. The van der Waals surface area contributed by atoms with Crippen molar-refractivity contribution in [1.82, 2.24) is 10.7 Å². The first-order valence-electron chi connectivity index (χ1n) is 12.2. The molecule has 0 aliphatic rings. The largest absolute Gasteiger partial charge is 0.494 e. The zero-order chi connectivity index (χ0) is 26.7. The van der Waals surface area contributed by atoms with Gasteiger partial charge < -0.3 is 14.8 Å². The number of ether oxygens (including phenoxy) is 2. The molecule has 4 rings (SSSR count). The molecule has 0 saturated carbocycles. The predicted molar refractivity (Wildman–Crippen MR) is 146 cm³/mol. The highest BCUT2D eigenvalue weighted by molar-refractivity contribution is 6.05. The average molecular weight is 510 g/mol. The Labute approximate surface area is 220 Å². The van der Waals surface area contributed by atoms with E-state index >= 15 is 0 Å². The third-order valence-electron chi connectivity index (χ3n) is 5.50. The van der Waals surface area contributed by atoms with Crippen LogP contribution in [-0.4, -0.2) is 37.1 Å². The number of rotatable bonds is 10. The molecule has 0 aliphatic carbocycles. The van der Waals surface area contributed by atoms with Gasteiger partial charge in [-0.2, -0.15) is 5.10 Å². The summed E-state index contributed by atoms with van der Waals surface area (Å²) in [5, 5.41) is 8.24. The van der Waals surface area contributed by atoms with Crippen molar-refractivity contribution in [3.63, 3.8) is 0 Å². The van der Waals surface area contributed by atoms with Crippen LogP contribution in [0.2, 0.25) is 0 Å². The normalized spacial score (nSPS) is 10.8. The Morgan fingerprint density at radius 2 is 1.55 bits per heavy atom. The van der Waals surface area contributed by atoms with Crippen LogP contribution < -0.4 is 20.2 Å². The summed E-state index contributed by atoms with van der Waals surface area (Å²) in [4.78, 5) is 36.9. The first kappa shape index (κ1) is 26.1. The van der Waals surface area contributed by atoms with Crippen molar-refractivity contribution in [3.05, 3.63) is 108 Å². The molecule has 0 bridgehead atoms. The number of carbonyl (C=O) groups is 3. The molecule has 0 aromatic heterocycles. The number of benzene rings is 4. The highest BCUT2D eigenvalue weighted by Gasteiger charge is 2.12. The number of hydrogen-bond acceptors (Lipinski definition) is 6. The minimum absolute atomic E-state index is 0.229. The fourth-order valence-electron chi connectivity index (χ4n) is 3.59. The van der Waals surface area contributed by atoms with E-state index in [9.17, 15) is 14.4 Å². The van der Waals surface area contributed by atoms with Gasteiger partial charge in [0, 0.05) is 5.56 Å². The van der Waals surface area contributed by atoms with Crippen LogP contribution in [0.25, 0.3) is 10.8 Å². The Morgan fingerprint density at radius 1 is 0.842 bits per heavy atom. The van der Waals surface area contributed by atoms with Crippen molar-refractivity contribution in [2.24, 2.45) is 5.10 Å². The maximum Gasteiger partial charge on any atom is 0.344 e. The minimum atomic E-state index is -0.474. The maximum absolute atomic E-state index is 12.7. The molecule has 0 saturated heterocycles. The summed E-state index contributed by atoms with van der Waals surface area (Å²) in [6.07, 6.45) is 2.35. The van der Waals surface area contributed by atoms with Crippen molar-refractivity contribution in [2.45, 2.75) is 13.3 Å². The van der Waals surface area contributed by atoms with E-state index in [1.807, 2.05) is 43.3 Å². The van der Waals surface area contributed by atoms with E-state index in [1.54, 1.807) is 54.6 Å². The second-order valence-corrected chi connectivity index (χ2v) is 8.33. The molecule has 192 valence electrons. The van der Waals surface area contributed by atoms with Crippen LogP contribution >= 0.6 is 0 Å². The Hall–Kier alpha value is -4.98. The summed E-state index contributed by atoms with van der Waals surface area (Å²) < 4.78 is 11.0. The van der Waals surface area contributed by atoms with E-state index in [-0.39, 0.29) is 12.5 Å². The lowest BCUT2D eigenvalue weighted by atomic mass is 10.0. The van der Waals surface area contributed by atoms with E-state index < -0.39 is 11.9 Å². The van der Waals surface area contributed by atoms with Gasteiger partial charge in [-0.05, 0) is 77.4 Å². The second kappa shape index (κ2) is 12.8. The third kappa shape index (κ3) is 7.04.